The first-order chi connectivity index (χ1) is 10.0. The molecule has 2 amide bonds. The summed E-state index contributed by atoms with van der Waals surface area (Å²) in [4.78, 5) is 24.5. The number of nitrogens with zero attached hydrogens (tertiary/aromatic N) is 1. The normalized spacial score (nSPS) is 15.8. The molecule has 1 fully saturated rings. The van der Waals surface area contributed by atoms with E-state index in [0.29, 0.717) is 24.7 Å². The first-order valence-electron chi connectivity index (χ1n) is 7.03. The number of hydrogen-bond donors (Lipinski definition) is 2. The van der Waals surface area contributed by atoms with Crippen molar-refractivity contribution in [3.63, 3.8) is 0 Å². The van der Waals surface area contributed by atoms with Crippen molar-refractivity contribution in [3.05, 3.63) is 34.9 Å². The molecule has 1 aliphatic rings. The lowest BCUT2D eigenvalue weighted by molar-refractivity contribution is -0.138. The van der Waals surface area contributed by atoms with E-state index in [2.05, 4.69) is 5.32 Å². The highest BCUT2D eigenvalue weighted by molar-refractivity contribution is 6.30. The number of amides is 2. The molecule has 5 nitrogen and oxygen atoms in total. The standard InChI is InChI=1S/C15H19ClN2O3/c16-13-3-1-2-12(8-13)10-17-15(21)18-6-4-11(5-7-18)9-14(19)20/h1-3,8,11H,4-7,9-10H2,(H,17,21)(H,19,20). The van der Waals surface area contributed by atoms with Gasteiger partial charge in [0, 0.05) is 31.1 Å². The minimum Gasteiger partial charge on any atom is -0.481 e. The second-order valence-electron chi connectivity index (χ2n) is 5.32. The summed E-state index contributed by atoms with van der Waals surface area (Å²) in [6.45, 7) is 1.66. The number of carboxylic acids is 1. The molecule has 1 aromatic rings. The zero-order chi connectivity index (χ0) is 15.2. The molecule has 0 saturated carbocycles. The van der Waals surface area contributed by atoms with Crippen LogP contribution in [0.3, 0.4) is 0 Å². The Balaban J connectivity index is 1.76. The smallest absolute Gasteiger partial charge is 0.317 e. The highest BCUT2D eigenvalue weighted by atomic mass is 35.5. The number of carboxylic acid groups (broad SMARTS) is 1. The van der Waals surface area contributed by atoms with Crippen LogP contribution in [-0.4, -0.2) is 35.1 Å². The van der Waals surface area contributed by atoms with Crippen LogP contribution < -0.4 is 5.32 Å². The van der Waals surface area contributed by atoms with Gasteiger partial charge in [0.1, 0.15) is 0 Å². The van der Waals surface area contributed by atoms with Gasteiger partial charge in [0.25, 0.3) is 0 Å². The summed E-state index contributed by atoms with van der Waals surface area (Å²) in [5, 5.41) is 12.3. The molecule has 0 unspecified atom stereocenters. The van der Waals surface area contributed by atoms with Crippen molar-refractivity contribution >= 4 is 23.6 Å². The maximum Gasteiger partial charge on any atom is 0.317 e. The van der Waals surface area contributed by atoms with Gasteiger partial charge in [-0.3, -0.25) is 4.79 Å². The number of aliphatic carboxylic acids is 1. The van der Waals surface area contributed by atoms with E-state index in [-0.39, 0.29) is 18.4 Å². The Bertz CT molecular complexity index is 513. The van der Waals surface area contributed by atoms with Crippen LogP contribution in [0.25, 0.3) is 0 Å². The third kappa shape index (κ3) is 4.93. The first-order valence-corrected chi connectivity index (χ1v) is 7.41. The first kappa shape index (κ1) is 15.6. The molecule has 1 heterocycles. The lowest BCUT2D eigenvalue weighted by Gasteiger charge is -2.31. The van der Waals surface area contributed by atoms with Gasteiger partial charge in [0.2, 0.25) is 0 Å². The molecule has 114 valence electrons. The van der Waals surface area contributed by atoms with Crippen LogP contribution >= 0.6 is 11.6 Å². The summed E-state index contributed by atoms with van der Waals surface area (Å²) in [6.07, 6.45) is 1.69. The van der Waals surface area contributed by atoms with Crippen LogP contribution in [0.15, 0.2) is 24.3 Å². The van der Waals surface area contributed by atoms with Gasteiger partial charge in [-0.25, -0.2) is 4.79 Å². The third-order valence-electron chi connectivity index (χ3n) is 3.70. The minimum atomic E-state index is -0.765. The molecule has 2 rings (SSSR count). The van der Waals surface area contributed by atoms with Gasteiger partial charge in [0.15, 0.2) is 0 Å². The quantitative estimate of drug-likeness (QED) is 0.898. The van der Waals surface area contributed by atoms with Gasteiger partial charge >= 0.3 is 12.0 Å². The fourth-order valence-electron chi connectivity index (χ4n) is 2.52. The average Bonchev–Trinajstić information content (AvgIpc) is 2.45. The molecular formula is C15H19ClN2O3. The van der Waals surface area contributed by atoms with Crippen molar-refractivity contribution in [2.24, 2.45) is 5.92 Å². The molecule has 0 radical (unpaired) electrons. The van der Waals surface area contributed by atoms with Gasteiger partial charge in [-0.2, -0.15) is 0 Å². The molecule has 6 heteroatoms. The molecular weight excluding hydrogens is 292 g/mol. The Labute approximate surface area is 128 Å². The van der Waals surface area contributed by atoms with E-state index in [1.165, 1.54) is 0 Å². The average molecular weight is 311 g/mol. The number of piperidine rings is 1. The summed E-state index contributed by atoms with van der Waals surface area (Å²) in [6, 6.07) is 7.26. The van der Waals surface area contributed by atoms with Crippen LogP contribution in [0.2, 0.25) is 5.02 Å². The van der Waals surface area contributed by atoms with Gasteiger partial charge in [-0.05, 0) is 36.5 Å². The largest absolute Gasteiger partial charge is 0.481 e. The summed E-state index contributed by atoms with van der Waals surface area (Å²) in [7, 11) is 0. The third-order valence-corrected chi connectivity index (χ3v) is 3.93. The lowest BCUT2D eigenvalue weighted by Crippen LogP contribution is -2.44. The van der Waals surface area contributed by atoms with E-state index in [1.807, 2.05) is 18.2 Å². The fraction of sp³-hybridized carbons (Fsp3) is 0.467. The van der Waals surface area contributed by atoms with Gasteiger partial charge in [-0.1, -0.05) is 23.7 Å². The maximum absolute atomic E-state index is 12.1. The summed E-state index contributed by atoms with van der Waals surface area (Å²) < 4.78 is 0. The van der Waals surface area contributed by atoms with Crippen molar-refractivity contribution < 1.29 is 14.7 Å². The zero-order valence-corrected chi connectivity index (χ0v) is 12.5. The molecule has 1 aromatic carbocycles. The molecule has 1 saturated heterocycles. The van der Waals surface area contributed by atoms with Gasteiger partial charge < -0.3 is 15.3 Å². The topological polar surface area (TPSA) is 69.6 Å². The van der Waals surface area contributed by atoms with E-state index in [0.717, 1.165) is 18.4 Å². The van der Waals surface area contributed by atoms with E-state index < -0.39 is 5.97 Å². The van der Waals surface area contributed by atoms with Crippen LogP contribution in [0.4, 0.5) is 4.79 Å². The van der Waals surface area contributed by atoms with Crippen LogP contribution in [0, 0.1) is 5.92 Å². The SMILES string of the molecule is O=C(O)CC1CCN(C(=O)NCc2cccc(Cl)c2)CC1. The highest BCUT2D eigenvalue weighted by Gasteiger charge is 2.23. The number of benzene rings is 1. The van der Waals surface area contributed by atoms with Crippen LogP contribution in [0.1, 0.15) is 24.8 Å². The van der Waals surface area contributed by atoms with E-state index in [1.54, 1.807) is 11.0 Å². The number of carbonyl (C=O) groups excluding carboxylic acids is 1. The molecule has 0 atom stereocenters. The van der Waals surface area contributed by atoms with E-state index in [9.17, 15) is 9.59 Å². The number of urea groups is 1. The molecule has 0 spiro atoms. The molecule has 1 aliphatic heterocycles. The lowest BCUT2D eigenvalue weighted by atomic mass is 9.94. The second kappa shape index (κ2) is 7.31. The molecule has 21 heavy (non-hydrogen) atoms. The zero-order valence-electron chi connectivity index (χ0n) is 11.7. The molecule has 2 N–H and O–H groups in total. The predicted octanol–water partition coefficient (Wildman–Crippen LogP) is 2.74. The molecule has 0 bridgehead atoms. The van der Waals surface area contributed by atoms with Crippen molar-refractivity contribution in [3.8, 4) is 0 Å². The maximum atomic E-state index is 12.1. The van der Waals surface area contributed by atoms with Crippen molar-refractivity contribution in [1.29, 1.82) is 0 Å². The van der Waals surface area contributed by atoms with Gasteiger partial charge in [0.05, 0.1) is 0 Å². The number of rotatable bonds is 4. The number of likely N-dealkylation sites (tertiary alicyclic amines) is 1. The summed E-state index contributed by atoms with van der Waals surface area (Å²) in [5.74, 6) is -0.585. The van der Waals surface area contributed by atoms with Crippen LogP contribution in [0.5, 0.6) is 0 Å². The highest BCUT2D eigenvalue weighted by Crippen LogP contribution is 2.20. The monoisotopic (exact) mass is 310 g/mol. The minimum absolute atomic E-state index is 0.108. The Kier molecular flexibility index (Phi) is 5.44. The number of carbonyl (C=O) groups is 2. The Hall–Kier alpha value is -1.75. The molecule has 0 aromatic heterocycles. The summed E-state index contributed by atoms with van der Waals surface area (Å²) >= 11 is 5.90. The van der Waals surface area contributed by atoms with Crippen molar-refractivity contribution in [2.75, 3.05) is 13.1 Å². The Morgan fingerprint density at radius 2 is 2.05 bits per heavy atom. The van der Waals surface area contributed by atoms with Crippen molar-refractivity contribution in [2.45, 2.75) is 25.8 Å². The number of hydrogen-bond acceptors (Lipinski definition) is 2. The summed E-state index contributed by atoms with van der Waals surface area (Å²) in [5.41, 5.74) is 0.955. The predicted molar refractivity (Wildman–Crippen MR) is 80.2 cm³/mol. The number of halogens is 1. The fourth-order valence-corrected chi connectivity index (χ4v) is 2.74. The van der Waals surface area contributed by atoms with Crippen LogP contribution in [-0.2, 0) is 11.3 Å². The Morgan fingerprint density at radius 3 is 2.67 bits per heavy atom. The van der Waals surface area contributed by atoms with E-state index in [4.69, 9.17) is 16.7 Å². The number of nitrogens with one attached hydrogen (secondary N) is 1. The molecule has 0 aliphatic carbocycles. The second-order valence-corrected chi connectivity index (χ2v) is 5.75. The Morgan fingerprint density at radius 1 is 1.33 bits per heavy atom. The van der Waals surface area contributed by atoms with E-state index >= 15 is 0 Å². The van der Waals surface area contributed by atoms with Crippen molar-refractivity contribution in [1.82, 2.24) is 10.2 Å². The van der Waals surface area contributed by atoms with Gasteiger partial charge in [-0.15, -0.1) is 0 Å².